The maximum absolute atomic E-state index is 12.6. The Morgan fingerprint density at radius 2 is 1.94 bits per heavy atom. The van der Waals surface area contributed by atoms with Gasteiger partial charge in [0.05, 0.1) is 20.3 Å². The van der Waals surface area contributed by atoms with Crippen molar-refractivity contribution in [3.05, 3.63) is 51.4 Å². The summed E-state index contributed by atoms with van der Waals surface area (Å²) in [6.45, 7) is 7.21. The summed E-state index contributed by atoms with van der Waals surface area (Å²) in [5.74, 6) is 1.48. The summed E-state index contributed by atoms with van der Waals surface area (Å²) in [7, 11) is 1.70. The molecule has 9 nitrogen and oxygen atoms in total. The van der Waals surface area contributed by atoms with Gasteiger partial charge in [0.2, 0.25) is 11.9 Å². The number of aromatic amines is 1. The van der Waals surface area contributed by atoms with Gasteiger partial charge >= 0.3 is 0 Å². The summed E-state index contributed by atoms with van der Waals surface area (Å²) in [4.78, 5) is 37.1. The fourth-order valence-corrected chi connectivity index (χ4v) is 4.66. The lowest BCUT2D eigenvalue weighted by Gasteiger charge is -2.32. The second kappa shape index (κ2) is 11.5. The van der Waals surface area contributed by atoms with E-state index >= 15 is 0 Å². The number of amides is 1. The quantitative estimate of drug-likeness (QED) is 0.606. The zero-order valence-corrected chi connectivity index (χ0v) is 20.1. The molecule has 9 heteroatoms. The SMILES string of the molecule is COc1ccccc1CN1CCC(NC(=O)CCc2c(C)nc(N3CCOCC3)[nH]c2=O)CC1. The molecule has 2 aromatic rings. The maximum Gasteiger partial charge on any atom is 0.255 e. The molecular weight excluding hydrogens is 434 g/mol. The minimum atomic E-state index is -0.161. The minimum Gasteiger partial charge on any atom is -0.496 e. The number of hydrogen-bond acceptors (Lipinski definition) is 7. The Bertz CT molecular complexity index is 1030. The number of likely N-dealkylation sites (tertiary alicyclic amines) is 1. The molecule has 4 rings (SSSR count). The molecule has 184 valence electrons. The first-order chi connectivity index (χ1) is 16.5. The van der Waals surface area contributed by atoms with E-state index < -0.39 is 0 Å². The number of carbonyl (C=O) groups excluding carboxylic acids is 1. The van der Waals surface area contributed by atoms with Crippen LogP contribution >= 0.6 is 0 Å². The van der Waals surface area contributed by atoms with E-state index in [0.717, 1.165) is 38.2 Å². The van der Waals surface area contributed by atoms with Gasteiger partial charge in [-0.3, -0.25) is 19.5 Å². The van der Waals surface area contributed by atoms with Gasteiger partial charge < -0.3 is 19.7 Å². The largest absolute Gasteiger partial charge is 0.496 e. The second-order valence-corrected chi connectivity index (χ2v) is 8.98. The highest BCUT2D eigenvalue weighted by Gasteiger charge is 2.22. The number of carbonyl (C=O) groups is 1. The number of piperidine rings is 1. The first-order valence-corrected chi connectivity index (χ1v) is 12.1. The summed E-state index contributed by atoms with van der Waals surface area (Å²) >= 11 is 0. The molecule has 2 N–H and O–H groups in total. The molecule has 1 aromatic carbocycles. The monoisotopic (exact) mass is 469 g/mol. The van der Waals surface area contributed by atoms with Crippen LogP contribution in [0.5, 0.6) is 5.75 Å². The second-order valence-electron chi connectivity index (χ2n) is 8.98. The van der Waals surface area contributed by atoms with E-state index in [1.165, 1.54) is 5.56 Å². The first-order valence-electron chi connectivity index (χ1n) is 12.1. The fraction of sp³-hybridized carbons (Fsp3) is 0.560. The van der Waals surface area contributed by atoms with Gasteiger partial charge in [-0.25, -0.2) is 4.98 Å². The minimum absolute atomic E-state index is 0.0146. The van der Waals surface area contributed by atoms with Gasteiger partial charge in [0, 0.05) is 62.0 Å². The molecule has 1 aromatic heterocycles. The Kier molecular flexibility index (Phi) is 8.18. The van der Waals surface area contributed by atoms with Crippen LogP contribution in [0.4, 0.5) is 5.95 Å². The van der Waals surface area contributed by atoms with Gasteiger partial charge in [0.1, 0.15) is 5.75 Å². The standard InChI is InChI=1S/C25H35N5O4/c1-18-21(24(32)28-25(26-18)30-13-15-34-16-14-30)7-8-23(31)27-20-9-11-29(12-10-20)17-19-5-3-4-6-22(19)33-2/h3-6,20H,7-17H2,1-2H3,(H,27,31)(H,26,28,32). The van der Waals surface area contributed by atoms with Crippen molar-refractivity contribution in [3.8, 4) is 5.75 Å². The predicted molar refractivity (Wildman–Crippen MR) is 130 cm³/mol. The lowest BCUT2D eigenvalue weighted by atomic mass is 10.0. The maximum atomic E-state index is 12.6. The number of nitrogens with zero attached hydrogens (tertiary/aromatic N) is 3. The highest BCUT2D eigenvalue weighted by Crippen LogP contribution is 2.21. The van der Waals surface area contributed by atoms with E-state index in [4.69, 9.17) is 9.47 Å². The third-order valence-corrected chi connectivity index (χ3v) is 6.66. The molecule has 34 heavy (non-hydrogen) atoms. The van der Waals surface area contributed by atoms with Crippen molar-refractivity contribution >= 4 is 11.9 Å². The lowest BCUT2D eigenvalue weighted by molar-refractivity contribution is -0.122. The van der Waals surface area contributed by atoms with E-state index in [1.54, 1.807) is 7.11 Å². The van der Waals surface area contributed by atoms with E-state index in [0.29, 0.717) is 49.9 Å². The number of rotatable bonds is 8. The van der Waals surface area contributed by atoms with E-state index in [2.05, 4.69) is 26.3 Å². The number of H-pyrrole nitrogens is 1. The van der Waals surface area contributed by atoms with Crippen LogP contribution in [0.25, 0.3) is 0 Å². The van der Waals surface area contributed by atoms with Gasteiger partial charge in [-0.15, -0.1) is 0 Å². The number of aryl methyl sites for hydroxylation is 1. The van der Waals surface area contributed by atoms with Crippen molar-refractivity contribution in [2.24, 2.45) is 0 Å². The Morgan fingerprint density at radius 1 is 1.21 bits per heavy atom. The molecule has 0 atom stereocenters. The van der Waals surface area contributed by atoms with Crippen LogP contribution < -0.4 is 20.5 Å². The molecular formula is C25H35N5O4. The van der Waals surface area contributed by atoms with Crippen LogP contribution in [-0.2, 0) is 22.5 Å². The Balaban J connectivity index is 1.23. The number of para-hydroxylation sites is 1. The van der Waals surface area contributed by atoms with Crippen molar-refractivity contribution in [3.63, 3.8) is 0 Å². The Morgan fingerprint density at radius 3 is 2.65 bits per heavy atom. The molecule has 2 saturated heterocycles. The smallest absolute Gasteiger partial charge is 0.255 e. The topological polar surface area (TPSA) is 99.8 Å². The molecule has 0 aliphatic carbocycles. The highest BCUT2D eigenvalue weighted by atomic mass is 16.5. The molecule has 0 spiro atoms. The average Bonchev–Trinajstić information content (AvgIpc) is 2.85. The van der Waals surface area contributed by atoms with Crippen molar-refractivity contribution in [2.75, 3.05) is 51.4 Å². The average molecular weight is 470 g/mol. The zero-order chi connectivity index (χ0) is 23.9. The number of morpholine rings is 1. The molecule has 0 radical (unpaired) electrons. The van der Waals surface area contributed by atoms with Gasteiger partial charge in [0.25, 0.3) is 5.56 Å². The Hall–Kier alpha value is -2.91. The summed E-state index contributed by atoms with van der Waals surface area (Å²) < 4.78 is 10.8. The van der Waals surface area contributed by atoms with Gasteiger partial charge in [0.15, 0.2) is 0 Å². The summed E-state index contributed by atoms with van der Waals surface area (Å²) in [6, 6.07) is 8.26. The lowest BCUT2D eigenvalue weighted by Crippen LogP contribution is -2.44. The van der Waals surface area contributed by atoms with Crippen LogP contribution in [0.1, 0.15) is 36.1 Å². The summed E-state index contributed by atoms with van der Waals surface area (Å²) in [5, 5.41) is 3.15. The molecule has 0 bridgehead atoms. The van der Waals surface area contributed by atoms with Gasteiger partial charge in [-0.05, 0) is 32.3 Å². The van der Waals surface area contributed by atoms with E-state index in [1.807, 2.05) is 30.0 Å². The number of hydrogen-bond donors (Lipinski definition) is 2. The first kappa shape index (κ1) is 24.2. The van der Waals surface area contributed by atoms with Crippen LogP contribution in [0.2, 0.25) is 0 Å². The number of benzene rings is 1. The molecule has 2 aliphatic rings. The number of anilines is 1. The van der Waals surface area contributed by atoms with Gasteiger partial charge in [-0.1, -0.05) is 18.2 Å². The van der Waals surface area contributed by atoms with Crippen LogP contribution in [0, 0.1) is 6.92 Å². The highest BCUT2D eigenvalue weighted by molar-refractivity contribution is 5.76. The third-order valence-electron chi connectivity index (χ3n) is 6.66. The Labute approximate surface area is 200 Å². The zero-order valence-electron chi connectivity index (χ0n) is 20.1. The van der Waals surface area contributed by atoms with Crippen LogP contribution in [0.3, 0.4) is 0 Å². The molecule has 3 heterocycles. The van der Waals surface area contributed by atoms with Crippen molar-refractivity contribution < 1.29 is 14.3 Å². The number of methoxy groups -OCH3 is 1. The third kappa shape index (κ3) is 6.15. The van der Waals surface area contributed by atoms with Crippen molar-refractivity contribution in [2.45, 2.75) is 45.2 Å². The normalized spacial score (nSPS) is 17.5. The van der Waals surface area contributed by atoms with Crippen LogP contribution in [0.15, 0.2) is 29.1 Å². The molecule has 2 fully saturated rings. The van der Waals surface area contributed by atoms with Crippen molar-refractivity contribution in [1.29, 1.82) is 0 Å². The predicted octanol–water partition coefficient (Wildman–Crippen LogP) is 1.64. The van der Waals surface area contributed by atoms with E-state index in [9.17, 15) is 9.59 Å². The molecule has 1 amide bonds. The fourth-order valence-electron chi connectivity index (χ4n) is 4.66. The number of nitrogens with one attached hydrogen (secondary N) is 2. The van der Waals surface area contributed by atoms with Crippen LogP contribution in [-0.4, -0.2) is 73.3 Å². The molecule has 0 unspecified atom stereocenters. The van der Waals surface area contributed by atoms with Crippen molar-refractivity contribution in [1.82, 2.24) is 20.2 Å². The summed E-state index contributed by atoms with van der Waals surface area (Å²) in [6.07, 6.45) is 2.49. The summed E-state index contributed by atoms with van der Waals surface area (Å²) in [5.41, 5.74) is 2.29. The number of aromatic nitrogens is 2. The molecule has 0 saturated carbocycles. The van der Waals surface area contributed by atoms with E-state index in [-0.39, 0.29) is 23.9 Å². The van der Waals surface area contributed by atoms with Gasteiger partial charge in [-0.2, -0.15) is 0 Å². The molecule has 2 aliphatic heterocycles. The number of ether oxygens (including phenoxy) is 2.